The Hall–Kier alpha value is -0.0400. The standard InChI is InChI=1S/C11H23N/c1-8(2)6-10-7-9(3)4-5-11(10)12/h8-11H,4-7,12H2,1-3H3. The second kappa shape index (κ2) is 4.27. The molecule has 0 radical (unpaired) electrons. The third-order valence-corrected chi connectivity index (χ3v) is 3.08. The van der Waals surface area contributed by atoms with E-state index in [4.69, 9.17) is 5.73 Å². The minimum atomic E-state index is 0.489. The maximum absolute atomic E-state index is 6.09. The van der Waals surface area contributed by atoms with Crippen molar-refractivity contribution in [3.63, 3.8) is 0 Å². The average Bonchev–Trinajstić information content (AvgIpc) is 1.96. The third kappa shape index (κ3) is 2.78. The van der Waals surface area contributed by atoms with Gasteiger partial charge in [0.15, 0.2) is 0 Å². The van der Waals surface area contributed by atoms with Crippen molar-refractivity contribution in [3.8, 4) is 0 Å². The van der Waals surface area contributed by atoms with Gasteiger partial charge in [-0.25, -0.2) is 0 Å². The topological polar surface area (TPSA) is 26.0 Å². The molecule has 0 aromatic rings. The van der Waals surface area contributed by atoms with Crippen molar-refractivity contribution < 1.29 is 0 Å². The molecule has 0 aromatic heterocycles. The van der Waals surface area contributed by atoms with Crippen LogP contribution >= 0.6 is 0 Å². The molecule has 1 aliphatic carbocycles. The van der Waals surface area contributed by atoms with E-state index in [9.17, 15) is 0 Å². The van der Waals surface area contributed by atoms with Crippen LogP contribution in [0.3, 0.4) is 0 Å². The molecule has 0 saturated heterocycles. The highest BCUT2D eigenvalue weighted by atomic mass is 14.7. The van der Waals surface area contributed by atoms with Gasteiger partial charge in [-0.3, -0.25) is 0 Å². The van der Waals surface area contributed by atoms with Crippen molar-refractivity contribution in [2.75, 3.05) is 0 Å². The van der Waals surface area contributed by atoms with Crippen LogP contribution in [0.15, 0.2) is 0 Å². The molecule has 1 heteroatoms. The Morgan fingerprint density at radius 3 is 2.58 bits per heavy atom. The van der Waals surface area contributed by atoms with Crippen molar-refractivity contribution in [2.24, 2.45) is 23.5 Å². The Morgan fingerprint density at radius 1 is 1.33 bits per heavy atom. The summed E-state index contributed by atoms with van der Waals surface area (Å²) < 4.78 is 0. The van der Waals surface area contributed by atoms with E-state index in [-0.39, 0.29) is 0 Å². The minimum Gasteiger partial charge on any atom is -0.327 e. The lowest BCUT2D eigenvalue weighted by atomic mass is 9.76. The Balaban J connectivity index is 2.38. The summed E-state index contributed by atoms with van der Waals surface area (Å²) in [5.74, 6) is 2.52. The summed E-state index contributed by atoms with van der Waals surface area (Å²) >= 11 is 0. The fraction of sp³-hybridized carbons (Fsp3) is 1.00. The molecule has 1 nitrogen and oxygen atoms in total. The number of nitrogens with two attached hydrogens (primary N) is 1. The first-order chi connectivity index (χ1) is 5.59. The predicted molar refractivity (Wildman–Crippen MR) is 53.9 cm³/mol. The molecular formula is C11H23N. The Bertz CT molecular complexity index is 129. The van der Waals surface area contributed by atoms with Crippen molar-refractivity contribution in [2.45, 2.75) is 52.5 Å². The lowest BCUT2D eigenvalue weighted by Crippen LogP contribution is -2.36. The highest BCUT2D eigenvalue weighted by Gasteiger charge is 2.25. The molecule has 72 valence electrons. The number of rotatable bonds is 2. The van der Waals surface area contributed by atoms with Crippen molar-refractivity contribution in [3.05, 3.63) is 0 Å². The Labute approximate surface area is 76.7 Å². The van der Waals surface area contributed by atoms with Crippen LogP contribution in [0.4, 0.5) is 0 Å². The normalized spacial score (nSPS) is 37.2. The van der Waals surface area contributed by atoms with E-state index in [0.29, 0.717) is 6.04 Å². The van der Waals surface area contributed by atoms with Crippen molar-refractivity contribution in [1.29, 1.82) is 0 Å². The summed E-state index contributed by atoms with van der Waals surface area (Å²) in [6.07, 6.45) is 5.28. The average molecular weight is 169 g/mol. The van der Waals surface area contributed by atoms with Gasteiger partial charge in [-0.1, -0.05) is 20.8 Å². The van der Waals surface area contributed by atoms with Crippen molar-refractivity contribution >= 4 is 0 Å². The predicted octanol–water partition coefficient (Wildman–Crippen LogP) is 2.80. The van der Waals surface area contributed by atoms with E-state index in [2.05, 4.69) is 20.8 Å². The second-order valence-electron chi connectivity index (χ2n) is 4.97. The van der Waals surface area contributed by atoms with Crippen molar-refractivity contribution in [1.82, 2.24) is 0 Å². The van der Waals surface area contributed by atoms with Gasteiger partial charge in [0.2, 0.25) is 0 Å². The molecule has 0 heterocycles. The second-order valence-corrected chi connectivity index (χ2v) is 4.97. The molecule has 1 fully saturated rings. The van der Waals surface area contributed by atoms with Gasteiger partial charge in [0, 0.05) is 6.04 Å². The molecule has 0 aromatic carbocycles. The smallest absolute Gasteiger partial charge is 0.00674 e. The van der Waals surface area contributed by atoms with E-state index >= 15 is 0 Å². The first-order valence-electron chi connectivity index (χ1n) is 5.35. The summed E-state index contributed by atoms with van der Waals surface area (Å²) in [7, 11) is 0. The molecule has 0 spiro atoms. The fourth-order valence-corrected chi connectivity index (χ4v) is 2.40. The molecule has 0 bridgehead atoms. The van der Waals surface area contributed by atoms with Crippen LogP contribution in [0.25, 0.3) is 0 Å². The zero-order valence-corrected chi connectivity index (χ0v) is 8.72. The highest BCUT2D eigenvalue weighted by molar-refractivity contribution is 4.81. The molecule has 12 heavy (non-hydrogen) atoms. The molecule has 1 aliphatic rings. The monoisotopic (exact) mass is 169 g/mol. The molecule has 0 aliphatic heterocycles. The summed E-state index contributed by atoms with van der Waals surface area (Å²) in [5.41, 5.74) is 6.09. The SMILES string of the molecule is CC(C)CC1CC(C)CCC1N. The number of hydrogen-bond acceptors (Lipinski definition) is 1. The van der Waals surface area contributed by atoms with Crippen LogP contribution in [0.5, 0.6) is 0 Å². The van der Waals surface area contributed by atoms with Gasteiger partial charge in [0.1, 0.15) is 0 Å². The van der Waals surface area contributed by atoms with E-state index in [1.807, 2.05) is 0 Å². The zero-order valence-electron chi connectivity index (χ0n) is 8.72. The number of hydrogen-bond donors (Lipinski definition) is 1. The van der Waals surface area contributed by atoms with E-state index in [0.717, 1.165) is 17.8 Å². The maximum atomic E-state index is 6.09. The van der Waals surface area contributed by atoms with Crippen LogP contribution in [0, 0.1) is 17.8 Å². The molecule has 3 unspecified atom stereocenters. The Kier molecular flexibility index (Phi) is 3.57. The van der Waals surface area contributed by atoms with Crippen LogP contribution in [-0.2, 0) is 0 Å². The van der Waals surface area contributed by atoms with Crippen LogP contribution in [0.1, 0.15) is 46.5 Å². The van der Waals surface area contributed by atoms with E-state index in [1.165, 1.54) is 25.7 Å². The van der Waals surface area contributed by atoms with Gasteiger partial charge >= 0.3 is 0 Å². The minimum absolute atomic E-state index is 0.489. The van der Waals surface area contributed by atoms with Gasteiger partial charge in [-0.2, -0.15) is 0 Å². The van der Waals surface area contributed by atoms with Crippen LogP contribution in [0.2, 0.25) is 0 Å². The Morgan fingerprint density at radius 2 is 2.00 bits per heavy atom. The van der Waals surface area contributed by atoms with Gasteiger partial charge in [0.05, 0.1) is 0 Å². The summed E-state index contributed by atoms with van der Waals surface area (Å²) in [5, 5.41) is 0. The maximum Gasteiger partial charge on any atom is 0.00674 e. The van der Waals surface area contributed by atoms with Crippen LogP contribution < -0.4 is 5.73 Å². The van der Waals surface area contributed by atoms with Gasteiger partial charge < -0.3 is 5.73 Å². The van der Waals surface area contributed by atoms with Gasteiger partial charge in [-0.05, 0) is 43.4 Å². The van der Waals surface area contributed by atoms with Gasteiger partial charge in [-0.15, -0.1) is 0 Å². The molecule has 3 atom stereocenters. The summed E-state index contributed by atoms with van der Waals surface area (Å²) in [6, 6.07) is 0.489. The first-order valence-corrected chi connectivity index (χ1v) is 5.35. The summed E-state index contributed by atoms with van der Waals surface area (Å²) in [4.78, 5) is 0. The highest BCUT2D eigenvalue weighted by Crippen LogP contribution is 2.31. The molecule has 1 rings (SSSR count). The largest absolute Gasteiger partial charge is 0.327 e. The third-order valence-electron chi connectivity index (χ3n) is 3.08. The molecular weight excluding hydrogens is 146 g/mol. The lowest BCUT2D eigenvalue weighted by molar-refractivity contribution is 0.216. The first kappa shape index (κ1) is 10.0. The fourth-order valence-electron chi connectivity index (χ4n) is 2.40. The molecule has 1 saturated carbocycles. The lowest BCUT2D eigenvalue weighted by Gasteiger charge is -2.33. The van der Waals surface area contributed by atoms with E-state index < -0.39 is 0 Å². The zero-order chi connectivity index (χ0) is 9.14. The quantitative estimate of drug-likeness (QED) is 0.676. The van der Waals surface area contributed by atoms with Crippen LogP contribution in [-0.4, -0.2) is 6.04 Å². The van der Waals surface area contributed by atoms with Gasteiger partial charge in [0.25, 0.3) is 0 Å². The van der Waals surface area contributed by atoms with E-state index in [1.54, 1.807) is 0 Å². The molecule has 2 N–H and O–H groups in total. The molecule has 0 amide bonds. The summed E-state index contributed by atoms with van der Waals surface area (Å²) in [6.45, 7) is 6.96.